The van der Waals surface area contributed by atoms with E-state index in [4.69, 9.17) is 5.73 Å². The molecule has 1 aromatic rings. The molecular formula is C14H21N3O. The van der Waals surface area contributed by atoms with Crippen LogP contribution in [0.4, 0.5) is 11.4 Å². The molecule has 1 heterocycles. The van der Waals surface area contributed by atoms with E-state index < -0.39 is 0 Å². The Morgan fingerprint density at radius 3 is 2.61 bits per heavy atom. The van der Waals surface area contributed by atoms with Gasteiger partial charge in [-0.05, 0) is 42.6 Å². The van der Waals surface area contributed by atoms with Crippen LogP contribution in [0, 0.1) is 5.41 Å². The molecule has 98 valence electrons. The Hall–Kier alpha value is -1.55. The van der Waals surface area contributed by atoms with Crippen LogP contribution in [-0.2, 0) is 4.79 Å². The van der Waals surface area contributed by atoms with Gasteiger partial charge in [0, 0.05) is 17.9 Å². The molecule has 3 N–H and O–H groups in total. The fourth-order valence-corrected chi connectivity index (χ4v) is 2.33. The monoisotopic (exact) mass is 247 g/mol. The number of likely N-dealkylation sites (tertiary alicyclic amines) is 1. The number of nitrogens with two attached hydrogens (primary N) is 1. The molecular weight excluding hydrogens is 226 g/mol. The zero-order chi connectivity index (χ0) is 13.2. The first-order chi connectivity index (χ1) is 8.44. The summed E-state index contributed by atoms with van der Waals surface area (Å²) >= 11 is 0. The number of carbonyl (C=O) groups excluding carboxylic acids is 1. The molecule has 0 radical (unpaired) electrons. The second-order valence-corrected chi connectivity index (χ2v) is 5.80. The molecule has 0 atom stereocenters. The van der Waals surface area contributed by atoms with Crippen molar-refractivity contribution in [2.75, 3.05) is 30.7 Å². The third-order valence-corrected chi connectivity index (χ3v) is 3.32. The predicted octanol–water partition coefficient (Wildman–Crippen LogP) is 1.94. The van der Waals surface area contributed by atoms with E-state index in [0.717, 1.165) is 25.2 Å². The van der Waals surface area contributed by atoms with Gasteiger partial charge in [-0.1, -0.05) is 13.8 Å². The molecule has 0 spiro atoms. The summed E-state index contributed by atoms with van der Waals surface area (Å²) in [7, 11) is 0. The number of hydrogen-bond acceptors (Lipinski definition) is 3. The van der Waals surface area contributed by atoms with Gasteiger partial charge in [0.05, 0.1) is 6.54 Å². The van der Waals surface area contributed by atoms with Gasteiger partial charge >= 0.3 is 0 Å². The summed E-state index contributed by atoms with van der Waals surface area (Å²) in [6.45, 7) is 6.94. The number of rotatable bonds is 3. The largest absolute Gasteiger partial charge is 0.399 e. The highest BCUT2D eigenvalue weighted by molar-refractivity contribution is 5.92. The van der Waals surface area contributed by atoms with Crippen LogP contribution in [0.3, 0.4) is 0 Å². The Kier molecular flexibility index (Phi) is 3.57. The first-order valence-electron chi connectivity index (χ1n) is 6.32. The molecule has 1 fully saturated rings. The normalized spacial score (nSPS) is 18.8. The number of hydrogen-bond donors (Lipinski definition) is 2. The zero-order valence-corrected chi connectivity index (χ0v) is 11.1. The lowest BCUT2D eigenvalue weighted by Gasteiger charge is -2.19. The van der Waals surface area contributed by atoms with Crippen LogP contribution in [0.25, 0.3) is 0 Å². The molecule has 2 rings (SSSR count). The van der Waals surface area contributed by atoms with Gasteiger partial charge in [-0.15, -0.1) is 0 Å². The van der Waals surface area contributed by atoms with Crippen molar-refractivity contribution in [2.24, 2.45) is 5.41 Å². The number of anilines is 2. The van der Waals surface area contributed by atoms with Crippen LogP contribution in [0.2, 0.25) is 0 Å². The van der Waals surface area contributed by atoms with Crippen LogP contribution >= 0.6 is 0 Å². The van der Waals surface area contributed by atoms with Gasteiger partial charge in [-0.25, -0.2) is 0 Å². The van der Waals surface area contributed by atoms with E-state index in [0.29, 0.717) is 17.6 Å². The molecule has 4 nitrogen and oxygen atoms in total. The summed E-state index contributed by atoms with van der Waals surface area (Å²) in [5, 5.41) is 2.89. The van der Waals surface area contributed by atoms with Gasteiger partial charge in [0.2, 0.25) is 5.91 Å². The lowest BCUT2D eigenvalue weighted by atomic mass is 9.93. The van der Waals surface area contributed by atoms with Crippen LogP contribution in [0.5, 0.6) is 0 Å². The summed E-state index contributed by atoms with van der Waals surface area (Å²) in [4.78, 5) is 14.1. The molecule has 1 saturated heterocycles. The Balaban J connectivity index is 1.84. The average Bonchev–Trinajstić information content (AvgIpc) is 2.61. The first-order valence-corrected chi connectivity index (χ1v) is 6.32. The number of nitrogen functional groups attached to an aromatic ring is 1. The highest BCUT2D eigenvalue weighted by Gasteiger charge is 2.29. The molecule has 1 aromatic carbocycles. The predicted molar refractivity (Wildman–Crippen MR) is 74.3 cm³/mol. The van der Waals surface area contributed by atoms with Crippen LogP contribution in [-0.4, -0.2) is 30.4 Å². The van der Waals surface area contributed by atoms with Crippen LogP contribution < -0.4 is 11.1 Å². The summed E-state index contributed by atoms with van der Waals surface area (Å²) in [5.41, 5.74) is 7.44. The minimum atomic E-state index is 0.0393. The van der Waals surface area contributed by atoms with E-state index in [9.17, 15) is 4.79 Å². The maximum atomic E-state index is 11.9. The minimum absolute atomic E-state index is 0.0393. The Labute approximate surface area is 108 Å². The second kappa shape index (κ2) is 4.98. The topological polar surface area (TPSA) is 58.4 Å². The maximum absolute atomic E-state index is 11.9. The van der Waals surface area contributed by atoms with Gasteiger partial charge in [0.25, 0.3) is 0 Å². The number of amides is 1. The Morgan fingerprint density at radius 2 is 2.06 bits per heavy atom. The third-order valence-electron chi connectivity index (χ3n) is 3.32. The van der Waals surface area contributed by atoms with E-state index in [2.05, 4.69) is 24.1 Å². The molecule has 18 heavy (non-hydrogen) atoms. The van der Waals surface area contributed by atoms with Gasteiger partial charge in [0.1, 0.15) is 0 Å². The van der Waals surface area contributed by atoms with Crippen molar-refractivity contribution in [3.63, 3.8) is 0 Å². The number of nitrogens with one attached hydrogen (secondary N) is 1. The SMILES string of the molecule is CC1(C)CCN(CC(=O)Nc2ccc(N)cc2)C1. The molecule has 0 unspecified atom stereocenters. The fourth-order valence-electron chi connectivity index (χ4n) is 2.33. The fraction of sp³-hybridized carbons (Fsp3) is 0.500. The van der Waals surface area contributed by atoms with Crippen molar-refractivity contribution in [2.45, 2.75) is 20.3 Å². The van der Waals surface area contributed by atoms with Gasteiger partial charge in [-0.2, -0.15) is 0 Å². The molecule has 1 aliphatic rings. The van der Waals surface area contributed by atoms with Gasteiger partial charge in [0.15, 0.2) is 0 Å². The average molecular weight is 247 g/mol. The summed E-state index contributed by atoms with van der Waals surface area (Å²) in [5.74, 6) is 0.0393. The quantitative estimate of drug-likeness (QED) is 0.802. The van der Waals surface area contributed by atoms with E-state index in [-0.39, 0.29) is 5.91 Å². The van der Waals surface area contributed by atoms with E-state index in [1.807, 2.05) is 12.1 Å². The number of carbonyl (C=O) groups is 1. The van der Waals surface area contributed by atoms with Crippen LogP contribution in [0.1, 0.15) is 20.3 Å². The third kappa shape index (κ3) is 3.47. The van der Waals surface area contributed by atoms with E-state index in [1.165, 1.54) is 0 Å². The smallest absolute Gasteiger partial charge is 0.238 e. The Morgan fingerprint density at radius 1 is 1.39 bits per heavy atom. The highest BCUT2D eigenvalue weighted by Crippen LogP contribution is 2.28. The van der Waals surface area contributed by atoms with E-state index >= 15 is 0 Å². The van der Waals surface area contributed by atoms with Crippen molar-refractivity contribution in [1.82, 2.24) is 4.90 Å². The minimum Gasteiger partial charge on any atom is -0.399 e. The molecule has 1 aliphatic heterocycles. The van der Waals surface area contributed by atoms with E-state index in [1.54, 1.807) is 12.1 Å². The van der Waals surface area contributed by atoms with Crippen LogP contribution in [0.15, 0.2) is 24.3 Å². The maximum Gasteiger partial charge on any atom is 0.238 e. The molecule has 0 bridgehead atoms. The lowest BCUT2D eigenvalue weighted by Crippen LogP contribution is -2.32. The van der Waals surface area contributed by atoms with Gasteiger partial charge < -0.3 is 11.1 Å². The molecule has 0 aromatic heterocycles. The molecule has 4 heteroatoms. The van der Waals surface area contributed by atoms with Crippen molar-refractivity contribution < 1.29 is 4.79 Å². The zero-order valence-electron chi connectivity index (χ0n) is 11.1. The highest BCUT2D eigenvalue weighted by atomic mass is 16.2. The van der Waals surface area contributed by atoms with Crippen molar-refractivity contribution in [1.29, 1.82) is 0 Å². The second-order valence-electron chi connectivity index (χ2n) is 5.80. The van der Waals surface area contributed by atoms with Crippen molar-refractivity contribution in [3.05, 3.63) is 24.3 Å². The summed E-state index contributed by atoms with van der Waals surface area (Å²) in [6, 6.07) is 7.21. The Bertz CT molecular complexity index is 425. The standard InChI is InChI=1S/C14H21N3O/c1-14(2)7-8-17(10-14)9-13(18)16-12-5-3-11(15)4-6-12/h3-6H,7-10,15H2,1-2H3,(H,16,18). The van der Waals surface area contributed by atoms with Crippen molar-refractivity contribution in [3.8, 4) is 0 Å². The number of nitrogens with zero attached hydrogens (tertiary/aromatic N) is 1. The molecule has 1 amide bonds. The summed E-state index contributed by atoms with van der Waals surface area (Å²) in [6.07, 6.45) is 1.15. The van der Waals surface area contributed by atoms with Crippen molar-refractivity contribution >= 4 is 17.3 Å². The lowest BCUT2D eigenvalue weighted by molar-refractivity contribution is -0.117. The number of benzene rings is 1. The molecule has 0 aliphatic carbocycles. The first kappa shape index (κ1) is 12.9. The molecule has 0 saturated carbocycles. The summed E-state index contributed by atoms with van der Waals surface area (Å²) < 4.78 is 0. The van der Waals surface area contributed by atoms with Gasteiger partial charge in [-0.3, -0.25) is 9.69 Å².